The average Bonchev–Trinajstić information content (AvgIpc) is 2.83. The second-order valence-electron chi connectivity index (χ2n) is 5.30. The highest BCUT2D eigenvalue weighted by molar-refractivity contribution is 6.28. The van der Waals surface area contributed by atoms with Gasteiger partial charge in [0.2, 0.25) is 11.2 Å². The Hall–Kier alpha value is -1.73. The lowest BCUT2D eigenvalue weighted by molar-refractivity contribution is -0.135. The minimum atomic E-state index is -0.448. The quantitative estimate of drug-likeness (QED) is 0.832. The number of aromatic nitrogens is 4. The molecule has 2 aromatic rings. The predicted octanol–water partition coefficient (Wildman–Crippen LogP) is 0.851. The molecule has 0 bridgehead atoms. The van der Waals surface area contributed by atoms with E-state index < -0.39 is 6.10 Å². The molecule has 2 aromatic heterocycles. The van der Waals surface area contributed by atoms with Gasteiger partial charge in [-0.15, -0.1) is 0 Å². The minimum Gasteiger partial charge on any atom is -0.391 e. The van der Waals surface area contributed by atoms with E-state index in [4.69, 9.17) is 11.6 Å². The second kappa shape index (κ2) is 5.57. The Labute approximate surface area is 126 Å². The standard InChI is InChI=1S/C13H16ClN5O2/c1-8(20)18-7-11(21)3-2-10(18)6-19-12-9(5-16-19)4-15-13(14)17-12/h4-5,10-11,21H,2-3,6-7H2,1H3/t10-,11-/m0/s1. The highest BCUT2D eigenvalue weighted by atomic mass is 35.5. The summed E-state index contributed by atoms with van der Waals surface area (Å²) >= 11 is 5.83. The number of hydrogen-bond acceptors (Lipinski definition) is 5. The van der Waals surface area contributed by atoms with Crippen LogP contribution in [-0.4, -0.2) is 54.4 Å². The first-order chi connectivity index (χ1) is 10.0. The van der Waals surface area contributed by atoms with Crippen LogP contribution in [0.15, 0.2) is 12.4 Å². The van der Waals surface area contributed by atoms with Crippen LogP contribution in [0, 0.1) is 0 Å². The second-order valence-corrected chi connectivity index (χ2v) is 5.64. The maximum Gasteiger partial charge on any atom is 0.224 e. The Balaban J connectivity index is 1.86. The van der Waals surface area contributed by atoms with E-state index in [1.165, 1.54) is 6.92 Å². The lowest BCUT2D eigenvalue weighted by Gasteiger charge is -2.37. The summed E-state index contributed by atoms with van der Waals surface area (Å²) in [6.45, 7) is 2.42. The van der Waals surface area contributed by atoms with Crippen LogP contribution >= 0.6 is 11.6 Å². The summed E-state index contributed by atoms with van der Waals surface area (Å²) in [6, 6.07) is 0.00254. The first-order valence-electron chi connectivity index (χ1n) is 6.84. The molecule has 0 spiro atoms. The Kier molecular flexibility index (Phi) is 3.77. The highest BCUT2D eigenvalue weighted by Gasteiger charge is 2.29. The summed E-state index contributed by atoms with van der Waals surface area (Å²) in [5, 5.41) is 15.0. The van der Waals surface area contributed by atoms with Gasteiger partial charge in [-0.2, -0.15) is 10.1 Å². The van der Waals surface area contributed by atoms with Crippen molar-refractivity contribution in [3.05, 3.63) is 17.7 Å². The lowest BCUT2D eigenvalue weighted by atomic mass is 10.00. The molecule has 8 heteroatoms. The molecule has 1 aliphatic rings. The van der Waals surface area contributed by atoms with Crippen LogP contribution in [0.25, 0.3) is 11.0 Å². The molecule has 0 aliphatic carbocycles. The molecule has 1 fully saturated rings. The maximum absolute atomic E-state index is 11.7. The molecule has 3 heterocycles. The number of aliphatic hydroxyl groups is 1. The molecule has 0 radical (unpaired) electrons. The molecule has 112 valence electrons. The van der Waals surface area contributed by atoms with Crippen molar-refractivity contribution in [3.8, 4) is 0 Å². The van der Waals surface area contributed by atoms with E-state index >= 15 is 0 Å². The van der Waals surface area contributed by atoms with Crippen molar-refractivity contribution in [1.29, 1.82) is 0 Å². The SMILES string of the molecule is CC(=O)N1C[C@@H](O)CC[C@H]1Cn1ncc2cnc(Cl)nc21. The number of halogens is 1. The summed E-state index contributed by atoms with van der Waals surface area (Å²) in [6.07, 6.45) is 4.28. The van der Waals surface area contributed by atoms with E-state index in [1.807, 2.05) is 0 Å². The first-order valence-corrected chi connectivity index (χ1v) is 7.21. The van der Waals surface area contributed by atoms with E-state index in [0.29, 0.717) is 25.2 Å². The fraction of sp³-hybridized carbons (Fsp3) is 0.538. The van der Waals surface area contributed by atoms with Crippen LogP contribution in [-0.2, 0) is 11.3 Å². The number of piperidine rings is 1. The molecule has 1 N–H and O–H groups in total. The largest absolute Gasteiger partial charge is 0.391 e. The Bertz CT molecular complexity index is 674. The Morgan fingerprint density at radius 1 is 1.48 bits per heavy atom. The van der Waals surface area contributed by atoms with E-state index in [9.17, 15) is 9.90 Å². The number of aliphatic hydroxyl groups excluding tert-OH is 1. The van der Waals surface area contributed by atoms with Crippen molar-refractivity contribution in [2.24, 2.45) is 0 Å². The molecule has 21 heavy (non-hydrogen) atoms. The van der Waals surface area contributed by atoms with Gasteiger partial charge in [-0.25, -0.2) is 9.67 Å². The molecule has 7 nitrogen and oxygen atoms in total. The van der Waals surface area contributed by atoms with Gasteiger partial charge in [0.05, 0.1) is 30.3 Å². The summed E-state index contributed by atoms with van der Waals surface area (Å²) < 4.78 is 1.74. The number of carbonyl (C=O) groups is 1. The van der Waals surface area contributed by atoms with Gasteiger partial charge >= 0.3 is 0 Å². The number of likely N-dealkylation sites (tertiary alicyclic amines) is 1. The molecule has 1 amide bonds. The van der Waals surface area contributed by atoms with Crippen LogP contribution in [0.5, 0.6) is 0 Å². The van der Waals surface area contributed by atoms with Crippen molar-refractivity contribution < 1.29 is 9.90 Å². The zero-order chi connectivity index (χ0) is 15.0. The predicted molar refractivity (Wildman–Crippen MR) is 76.7 cm³/mol. The first kappa shape index (κ1) is 14.2. The molecule has 1 aliphatic heterocycles. The molecule has 2 atom stereocenters. The molecule has 0 saturated carbocycles. The van der Waals surface area contributed by atoms with Crippen LogP contribution < -0.4 is 0 Å². The van der Waals surface area contributed by atoms with Gasteiger partial charge in [-0.3, -0.25) is 4.79 Å². The number of carbonyl (C=O) groups excluding carboxylic acids is 1. The van der Waals surface area contributed by atoms with Gasteiger partial charge in [-0.05, 0) is 24.4 Å². The fourth-order valence-corrected chi connectivity index (χ4v) is 2.89. The van der Waals surface area contributed by atoms with E-state index in [-0.39, 0.29) is 17.2 Å². The van der Waals surface area contributed by atoms with Gasteiger partial charge in [0.25, 0.3) is 0 Å². The Morgan fingerprint density at radius 3 is 3.05 bits per heavy atom. The van der Waals surface area contributed by atoms with E-state index in [1.54, 1.807) is 22.0 Å². The van der Waals surface area contributed by atoms with Crippen LogP contribution in [0.2, 0.25) is 5.28 Å². The zero-order valence-electron chi connectivity index (χ0n) is 11.6. The van der Waals surface area contributed by atoms with Gasteiger partial charge in [0, 0.05) is 19.7 Å². The normalized spacial score (nSPS) is 22.7. The number of rotatable bonds is 2. The van der Waals surface area contributed by atoms with Crippen molar-refractivity contribution in [2.45, 2.75) is 38.5 Å². The number of amides is 1. The lowest BCUT2D eigenvalue weighted by Crippen LogP contribution is -2.49. The van der Waals surface area contributed by atoms with E-state index in [2.05, 4.69) is 15.1 Å². The number of nitrogens with zero attached hydrogens (tertiary/aromatic N) is 5. The van der Waals surface area contributed by atoms with Crippen LogP contribution in [0.3, 0.4) is 0 Å². The summed E-state index contributed by atoms with van der Waals surface area (Å²) in [4.78, 5) is 21.6. The van der Waals surface area contributed by atoms with Crippen LogP contribution in [0.1, 0.15) is 19.8 Å². The summed E-state index contributed by atoms with van der Waals surface area (Å²) in [5.74, 6) is -0.0390. The van der Waals surface area contributed by atoms with Crippen molar-refractivity contribution >= 4 is 28.5 Å². The average molecular weight is 310 g/mol. The monoisotopic (exact) mass is 309 g/mol. The van der Waals surface area contributed by atoms with Crippen molar-refractivity contribution in [2.75, 3.05) is 6.54 Å². The summed E-state index contributed by atoms with van der Waals surface area (Å²) in [5.41, 5.74) is 0.657. The third kappa shape index (κ3) is 2.84. The van der Waals surface area contributed by atoms with Gasteiger partial charge in [0.15, 0.2) is 5.65 Å². The van der Waals surface area contributed by atoms with Crippen LogP contribution in [0.4, 0.5) is 0 Å². The number of hydrogen-bond donors (Lipinski definition) is 1. The maximum atomic E-state index is 11.7. The molecule has 1 saturated heterocycles. The zero-order valence-corrected chi connectivity index (χ0v) is 12.4. The third-order valence-electron chi connectivity index (χ3n) is 3.82. The molecule has 0 unspecified atom stereocenters. The van der Waals surface area contributed by atoms with Gasteiger partial charge < -0.3 is 10.0 Å². The number of fused-ring (bicyclic) bond motifs is 1. The number of β-amino-alcohol motifs (C(OH)–C–C–N with tert-alkyl or cyclic N) is 1. The molecular weight excluding hydrogens is 294 g/mol. The molecule has 3 rings (SSSR count). The Morgan fingerprint density at radius 2 is 2.29 bits per heavy atom. The third-order valence-corrected chi connectivity index (χ3v) is 4.00. The molecule has 0 aromatic carbocycles. The van der Waals surface area contributed by atoms with Gasteiger partial charge in [-0.1, -0.05) is 0 Å². The summed E-state index contributed by atoms with van der Waals surface area (Å²) in [7, 11) is 0. The highest BCUT2D eigenvalue weighted by Crippen LogP contribution is 2.21. The van der Waals surface area contributed by atoms with Gasteiger partial charge in [0.1, 0.15) is 0 Å². The fourth-order valence-electron chi connectivity index (χ4n) is 2.76. The van der Waals surface area contributed by atoms with Crippen molar-refractivity contribution in [1.82, 2.24) is 24.6 Å². The molecular formula is C13H16ClN5O2. The smallest absolute Gasteiger partial charge is 0.224 e. The minimum absolute atomic E-state index is 0.00254. The topological polar surface area (TPSA) is 84.1 Å². The van der Waals surface area contributed by atoms with E-state index in [0.717, 1.165) is 11.8 Å². The van der Waals surface area contributed by atoms with Crippen molar-refractivity contribution in [3.63, 3.8) is 0 Å².